The number of fused-ring (bicyclic) bond motifs is 8. The first-order chi connectivity index (χ1) is 56.9. The summed E-state index contributed by atoms with van der Waals surface area (Å²) in [6.45, 7) is 4.57. The molecule has 4 fully saturated rings. The van der Waals surface area contributed by atoms with Gasteiger partial charge in [0.25, 0.3) is 29.5 Å². The lowest BCUT2D eigenvalue weighted by atomic mass is 9.87. The van der Waals surface area contributed by atoms with Gasteiger partial charge in [-0.2, -0.15) is 13.9 Å². The van der Waals surface area contributed by atoms with Crippen LogP contribution in [0.15, 0.2) is 155 Å². The number of pyridine rings is 2. The van der Waals surface area contributed by atoms with Crippen LogP contribution < -0.4 is 47.3 Å². The highest BCUT2D eigenvalue weighted by Gasteiger charge is 2.53. The third-order valence-corrected chi connectivity index (χ3v) is 25.9. The molecule has 614 valence electrons. The van der Waals surface area contributed by atoms with E-state index < -0.39 is 55.8 Å². The number of halogens is 2. The number of hydrogen-bond donors (Lipinski definition) is 11. The van der Waals surface area contributed by atoms with Crippen LogP contribution >= 0.6 is 0 Å². The number of hydrogen-bond acceptors (Lipinski definition) is 18. The van der Waals surface area contributed by atoms with Gasteiger partial charge in [-0.05, 0) is 101 Å². The number of methoxy groups -OCH3 is 1. The van der Waals surface area contributed by atoms with E-state index in [1.54, 1.807) is 46.0 Å². The quantitative estimate of drug-likeness (QED) is 0.0723. The lowest BCUT2D eigenvalue weighted by Crippen LogP contribution is -2.55. The molecule has 30 heteroatoms. The van der Waals surface area contributed by atoms with Crippen LogP contribution in [0, 0.1) is 6.92 Å². The van der Waals surface area contributed by atoms with Crippen LogP contribution in [0.4, 0.5) is 8.78 Å². The zero-order valence-electron chi connectivity index (χ0n) is 65.8. The second-order valence-electron chi connectivity index (χ2n) is 32.8. The Morgan fingerprint density at radius 2 is 0.966 bits per heavy atom. The molecule has 4 aromatic heterocycles. The minimum absolute atomic E-state index is 0.00365. The van der Waals surface area contributed by atoms with Gasteiger partial charge in [0.1, 0.15) is 37.7 Å². The van der Waals surface area contributed by atoms with Crippen molar-refractivity contribution < 1.29 is 66.8 Å². The van der Waals surface area contributed by atoms with Crippen molar-refractivity contribution in [2.75, 3.05) is 53.1 Å². The number of amides is 8. The van der Waals surface area contributed by atoms with E-state index in [1.165, 1.54) is 4.90 Å². The summed E-state index contributed by atoms with van der Waals surface area (Å²) in [6, 6.07) is 28.1. The third kappa shape index (κ3) is 14.4. The Bertz CT molecular complexity index is 5240. The third-order valence-electron chi connectivity index (χ3n) is 25.9. The number of aliphatic hydroxyl groups is 2. The number of nitrogens with one attached hydrogen (secondary N) is 9. The van der Waals surface area contributed by atoms with E-state index in [0.717, 1.165) is 175 Å². The normalized spacial score (nSPS) is 27.5. The van der Waals surface area contributed by atoms with Crippen LogP contribution in [0.3, 0.4) is 0 Å². The Morgan fingerprint density at radius 3 is 1.50 bits per heavy atom. The molecule has 13 aliphatic rings. The lowest BCUT2D eigenvalue weighted by molar-refractivity contribution is -0.149. The molecule has 0 radical (unpaired) electrons. The minimum atomic E-state index is -3.15. The van der Waals surface area contributed by atoms with E-state index in [1.807, 2.05) is 91.5 Å². The van der Waals surface area contributed by atoms with Gasteiger partial charge < -0.3 is 86.8 Å². The largest absolute Gasteiger partial charge is 0.490 e. The number of nitrogens with zero attached hydrogens (tertiary/aromatic N) is 7. The van der Waals surface area contributed by atoms with Crippen molar-refractivity contribution in [2.24, 2.45) is 0 Å². The number of alkyl halides is 2. The number of aromatic amines is 1. The van der Waals surface area contributed by atoms with E-state index >= 15 is 0 Å². The van der Waals surface area contributed by atoms with Gasteiger partial charge in [-0.3, -0.25) is 43.3 Å². The lowest BCUT2D eigenvalue weighted by Gasteiger charge is -2.42. The average molecular weight is 1600 g/mol. The molecule has 9 aliphatic heterocycles. The molecule has 4 saturated carbocycles. The SMILES string of the molecule is CC1Cc2cccc([C@@H]3C4=C(CNC4=O)N[C@@H]4CCCCC4N3C(=O)CO)c2O1.COCC(=O)N1C2CCCC[C@H]2NC2=C(C(=O)NC2)[C@H]1c1cccc2cc(C)[nH]c12.O=C1NCC2=C1[C@@H](c1cccc3cccnc13)N(C(=O)C(F)F)C1CCCC[C@H]1N2.O=C1NCC2=C1[C@@H](c1cccc3ccnn13)N(C(=O)CO)C1CCCC[C@H]1N2. The van der Waals surface area contributed by atoms with E-state index in [0.29, 0.717) is 71.7 Å². The molecule has 0 saturated heterocycles. The van der Waals surface area contributed by atoms with Crippen molar-refractivity contribution in [3.8, 4) is 5.75 Å². The number of aliphatic hydroxyl groups excluding tert-OH is 2. The van der Waals surface area contributed by atoms with Crippen molar-refractivity contribution in [2.45, 2.75) is 208 Å². The zero-order valence-corrected chi connectivity index (χ0v) is 65.8. The second-order valence-corrected chi connectivity index (χ2v) is 32.8. The summed E-state index contributed by atoms with van der Waals surface area (Å²) in [7, 11) is 1.54. The molecule has 3 aromatic carbocycles. The van der Waals surface area contributed by atoms with Crippen molar-refractivity contribution in [1.82, 2.24) is 81.7 Å². The van der Waals surface area contributed by atoms with E-state index in [2.05, 4.69) is 69.7 Å². The standard InChI is InChI=1S/C23H28N4O3.C22H22F2N4O2.C22H27N3O4.C20H23N5O3/c1-13-10-14-6-5-7-15(21(14)25-13)22-20-17(11-24-23(20)29)26-16-8-3-4-9-18(16)27(22)19(28)12-30-2;23-20(24)22(30)28-16-9-2-1-8-14(16)27-15-11-26-21(29)17(15)19(28)13-7-3-5-12-6-4-10-25-18(12)13;1-12-9-13-5-4-6-14(21(13)29-12)20-19-16(10-23-22(19)28)24-15-7-2-3-8-17(15)25(20)18(27)11-26;26-11-17(27)24-15-6-2-1-5-13(15)23-14-10-21-20(28)18(14)19(24)16-7-3-4-12-8-9-22-25(12)16/h5-7,10,16,18,22,25-26H,3-4,8-9,11-12H2,1-2H3,(H,24,29);3-7,10,14,16,19-20,27H,1-2,8-9,11H2,(H,26,29);4-6,12,15,17,20,24,26H,2-3,7-11H2,1H3,(H,23,28);3-4,7-9,13,15,19,23,26H,1-2,5-6,10-11H2,(H,21,28)/t16-,18?,22-;14-,16?,19-;12?,15-,17?,20-;13-,15?,19-/m1111/s1. The number of para-hydroxylation sites is 3. The second kappa shape index (κ2) is 33.0. The molecule has 28 nitrogen and oxygen atoms in total. The van der Waals surface area contributed by atoms with Gasteiger partial charge in [-0.15, -0.1) is 0 Å². The maximum absolute atomic E-state index is 13.8. The van der Waals surface area contributed by atoms with E-state index in [4.69, 9.17) is 9.47 Å². The topological polar surface area (TPSA) is 351 Å². The first-order valence-corrected chi connectivity index (χ1v) is 41.4. The number of H-pyrrole nitrogens is 1. The molecule has 5 unspecified atom stereocenters. The molecule has 0 spiro atoms. The molecule has 20 rings (SSSR count). The summed E-state index contributed by atoms with van der Waals surface area (Å²) >= 11 is 0. The van der Waals surface area contributed by atoms with Crippen LogP contribution in [-0.4, -0.2) is 211 Å². The molecule has 11 N–H and O–H groups in total. The summed E-state index contributed by atoms with van der Waals surface area (Å²) in [5.41, 5.74) is 13.3. The van der Waals surface area contributed by atoms with Crippen LogP contribution in [0.2, 0.25) is 0 Å². The number of carbonyl (C=O) groups excluding carboxylic acids is 8. The number of aryl methyl sites for hydroxylation is 1. The summed E-state index contributed by atoms with van der Waals surface area (Å²) < 4.78 is 40.8. The Hall–Kier alpha value is -11.2. The Labute approximate surface area is 675 Å². The van der Waals surface area contributed by atoms with Gasteiger partial charge in [0.05, 0.1) is 113 Å². The molecule has 13 atom stereocenters. The highest BCUT2D eigenvalue weighted by molar-refractivity contribution is 6.03. The molecule has 117 heavy (non-hydrogen) atoms. The number of aromatic nitrogens is 4. The summed E-state index contributed by atoms with van der Waals surface area (Å²) in [6.07, 6.45) is 16.2. The number of benzene rings is 3. The fraction of sp³-hybridized carbons (Fsp3) is 0.471. The molecule has 0 bridgehead atoms. The Kier molecular flexibility index (Phi) is 22.1. The zero-order chi connectivity index (χ0) is 81.0. The molecule has 8 amide bonds. The van der Waals surface area contributed by atoms with Crippen LogP contribution in [0.5, 0.6) is 5.75 Å². The highest BCUT2D eigenvalue weighted by Crippen LogP contribution is 2.49. The predicted molar refractivity (Wildman–Crippen MR) is 427 cm³/mol. The van der Waals surface area contributed by atoms with Gasteiger partial charge in [0.15, 0.2) is 0 Å². The smallest absolute Gasteiger partial charge is 0.315 e. The fourth-order valence-corrected chi connectivity index (χ4v) is 21.0. The molecule has 13 heterocycles. The first-order valence-electron chi connectivity index (χ1n) is 41.4. The van der Waals surface area contributed by atoms with Crippen molar-refractivity contribution in [3.63, 3.8) is 0 Å². The minimum Gasteiger partial charge on any atom is -0.490 e. The van der Waals surface area contributed by atoms with Gasteiger partial charge in [0, 0.05) is 106 Å². The van der Waals surface area contributed by atoms with Crippen LogP contribution in [-0.2, 0) is 49.5 Å². The maximum Gasteiger partial charge on any atom is 0.315 e. The Morgan fingerprint density at radius 1 is 0.521 bits per heavy atom. The summed E-state index contributed by atoms with van der Waals surface area (Å²) in [4.78, 5) is 119. The summed E-state index contributed by atoms with van der Waals surface area (Å²) in [5, 5.41) is 51.7. The van der Waals surface area contributed by atoms with Crippen molar-refractivity contribution in [3.05, 3.63) is 188 Å². The van der Waals surface area contributed by atoms with Gasteiger partial charge in [-0.1, -0.05) is 118 Å². The maximum atomic E-state index is 13.8. The predicted octanol–water partition coefficient (Wildman–Crippen LogP) is 6.62. The first kappa shape index (κ1) is 78.3. The molecule has 4 aliphatic carbocycles. The molecular weight excluding hydrogens is 1500 g/mol. The number of ether oxygens (including phenoxy) is 2. The van der Waals surface area contributed by atoms with Gasteiger partial charge in [-0.25, -0.2) is 4.52 Å². The number of rotatable bonds is 9. The monoisotopic (exact) mass is 1600 g/mol. The van der Waals surface area contributed by atoms with E-state index in [9.17, 15) is 57.4 Å². The van der Waals surface area contributed by atoms with Gasteiger partial charge in [0.2, 0.25) is 17.7 Å². The summed E-state index contributed by atoms with van der Waals surface area (Å²) in [5.74, 6) is -2.00. The van der Waals surface area contributed by atoms with Crippen LogP contribution in [0.25, 0.3) is 27.3 Å². The van der Waals surface area contributed by atoms with Crippen molar-refractivity contribution in [1.29, 1.82) is 0 Å². The average Bonchev–Trinajstić information content (AvgIpc) is 1.64. The van der Waals surface area contributed by atoms with Crippen LogP contribution in [0.1, 0.15) is 167 Å². The number of carbonyl (C=O) groups is 8. The van der Waals surface area contributed by atoms with Gasteiger partial charge >= 0.3 is 6.43 Å². The highest BCUT2D eigenvalue weighted by atomic mass is 19.3. The molecular formula is C87H100F2N16O12. The fourth-order valence-electron chi connectivity index (χ4n) is 21.0. The Balaban J connectivity index is 0.000000112. The van der Waals surface area contributed by atoms with E-state index in [-0.39, 0.29) is 96.4 Å². The molecule has 7 aromatic rings. The van der Waals surface area contributed by atoms with Crippen molar-refractivity contribution >= 4 is 74.6 Å².